The summed E-state index contributed by atoms with van der Waals surface area (Å²) >= 11 is 0. The minimum atomic E-state index is -3.61. The molecule has 0 amide bonds. The maximum Gasteiger partial charge on any atom is 0.307 e. The zero-order valence-electron chi connectivity index (χ0n) is 12.0. The number of sulfonamides is 1. The highest BCUT2D eigenvalue weighted by Gasteiger charge is 2.29. The van der Waals surface area contributed by atoms with Gasteiger partial charge in [-0.1, -0.05) is 37.3 Å². The Labute approximate surface area is 120 Å². The van der Waals surface area contributed by atoms with Crippen LogP contribution in [0, 0.1) is 5.92 Å². The van der Waals surface area contributed by atoms with Gasteiger partial charge in [-0.15, -0.1) is 0 Å². The number of hydrogen-bond acceptors (Lipinski definition) is 3. The maximum atomic E-state index is 12.4. The van der Waals surface area contributed by atoms with E-state index in [9.17, 15) is 13.2 Å². The van der Waals surface area contributed by atoms with Gasteiger partial charge in [-0.05, 0) is 19.4 Å². The summed E-state index contributed by atoms with van der Waals surface area (Å²) in [4.78, 5) is 10.8. The Morgan fingerprint density at radius 3 is 2.20 bits per heavy atom. The molecule has 1 rings (SSSR count). The number of aliphatic carboxylic acids is 1. The van der Waals surface area contributed by atoms with E-state index in [-0.39, 0.29) is 18.3 Å². The molecule has 0 aliphatic carbocycles. The van der Waals surface area contributed by atoms with Crippen molar-refractivity contribution in [3.63, 3.8) is 0 Å². The normalized spacial score (nSPS) is 13.7. The van der Waals surface area contributed by atoms with Crippen molar-refractivity contribution in [3.05, 3.63) is 35.9 Å². The Hall–Kier alpha value is -1.40. The largest absolute Gasteiger partial charge is 0.481 e. The lowest BCUT2D eigenvalue weighted by Gasteiger charge is -2.26. The summed E-state index contributed by atoms with van der Waals surface area (Å²) in [6.07, 6.45) is 0. The maximum absolute atomic E-state index is 12.4. The van der Waals surface area contributed by atoms with Crippen molar-refractivity contribution in [2.24, 2.45) is 5.92 Å². The molecule has 1 atom stereocenters. The first kappa shape index (κ1) is 16.7. The van der Waals surface area contributed by atoms with Crippen LogP contribution in [0.25, 0.3) is 0 Å². The van der Waals surface area contributed by atoms with Gasteiger partial charge >= 0.3 is 5.97 Å². The molecule has 5 nitrogen and oxygen atoms in total. The van der Waals surface area contributed by atoms with Crippen LogP contribution in [0.4, 0.5) is 0 Å². The monoisotopic (exact) mass is 299 g/mol. The van der Waals surface area contributed by atoms with Gasteiger partial charge in [0.25, 0.3) is 0 Å². The molecule has 0 aliphatic rings. The molecule has 0 radical (unpaired) electrons. The Bertz CT molecular complexity index is 540. The second-order valence-corrected chi connectivity index (χ2v) is 7.11. The van der Waals surface area contributed by atoms with E-state index in [0.29, 0.717) is 0 Å². The summed E-state index contributed by atoms with van der Waals surface area (Å²) in [6, 6.07) is 9.04. The zero-order chi connectivity index (χ0) is 15.3. The molecule has 1 aromatic rings. The van der Waals surface area contributed by atoms with E-state index >= 15 is 0 Å². The van der Waals surface area contributed by atoms with Crippen LogP contribution in [-0.4, -0.2) is 35.6 Å². The van der Waals surface area contributed by atoms with Crippen molar-refractivity contribution in [1.29, 1.82) is 0 Å². The fourth-order valence-electron chi connectivity index (χ4n) is 1.85. The number of carbonyl (C=O) groups is 1. The van der Waals surface area contributed by atoms with E-state index < -0.39 is 21.9 Å². The highest BCUT2D eigenvalue weighted by atomic mass is 32.2. The smallest absolute Gasteiger partial charge is 0.307 e. The molecule has 0 heterocycles. The first-order chi connectivity index (χ1) is 9.24. The molecule has 0 saturated heterocycles. The average molecular weight is 299 g/mol. The number of benzene rings is 1. The van der Waals surface area contributed by atoms with Gasteiger partial charge in [0.2, 0.25) is 10.0 Å². The van der Waals surface area contributed by atoms with Crippen molar-refractivity contribution >= 4 is 16.0 Å². The van der Waals surface area contributed by atoms with Crippen LogP contribution in [0.2, 0.25) is 0 Å². The van der Waals surface area contributed by atoms with E-state index in [4.69, 9.17) is 5.11 Å². The van der Waals surface area contributed by atoms with Gasteiger partial charge in [0.15, 0.2) is 0 Å². The Morgan fingerprint density at radius 1 is 1.20 bits per heavy atom. The minimum Gasteiger partial charge on any atom is -0.481 e. The third-order valence-electron chi connectivity index (χ3n) is 3.00. The standard InChI is InChI=1S/C14H21NO4S/c1-11(2)15(9-13-7-5-4-6-8-13)20(18,19)10-12(3)14(16)17/h4-8,11-12H,9-10H2,1-3H3,(H,16,17). The number of carboxylic acid groups (broad SMARTS) is 1. The first-order valence-electron chi connectivity index (χ1n) is 6.50. The molecule has 1 N–H and O–H groups in total. The fraction of sp³-hybridized carbons (Fsp3) is 0.500. The van der Waals surface area contributed by atoms with E-state index in [0.717, 1.165) is 5.56 Å². The van der Waals surface area contributed by atoms with Gasteiger partial charge in [-0.2, -0.15) is 4.31 Å². The summed E-state index contributed by atoms with van der Waals surface area (Å²) in [5.74, 6) is -2.40. The molecule has 112 valence electrons. The van der Waals surface area contributed by atoms with Crippen molar-refractivity contribution in [2.45, 2.75) is 33.4 Å². The van der Waals surface area contributed by atoms with Crippen LogP contribution < -0.4 is 0 Å². The molecule has 0 saturated carbocycles. The molecular weight excluding hydrogens is 278 g/mol. The number of hydrogen-bond donors (Lipinski definition) is 1. The van der Waals surface area contributed by atoms with Gasteiger partial charge in [-0.3, -0.25) is 4.79 Å². The average Bonchev–Trinajstić information content (AvgIpc) is 2.36. The first-order valence-corrected chi connectivity index (χ1v) is 8.11. The SMILES string of the molecule is CC(CS(=O)(=O)N(Cc1ccccc1)C(C)C)C(=O)O. The van der Waals surface area contributed by atoms with Crippen molar-refractivity contribution in [3.8, 4) is 0 Å². The van der Waals surface area contributed by atoms with Crippen LogP contribution in [0.15, 0.2) is 30.3 Å². The lowest BCUT2D eigenvalue weighted by atomic mass is 10.2. The molecule has 1 aromatic carbocycles. The fourth-order valence-corrected chi connectivity index (χ4v) is 3.80. The molecule has 0 aromatic heterocycles. The quantitative estimate of drug-likeness (QED) is 0.835. The minimum absolute atomic E-state index is 0.221. The summed E-state index contributed by atoms with van der Waals surface area (Å²) in [5.41, 5.74) is 0.882. The lowest BCUT2D eigenvalue weighted by Crippen LogP contribution is -2.40. The third kappa shape index (κ3) is 4.61. The van der Waals surface area contributed by atoms with Gasteiger partial charge in [0, 0.05) is 12.6 Å². The summed E-state index contributed by atoms with van der Waals surface area (Å²) < 4.78 is 26.1. The molecule has 0 fully saturated rings. The Morgan fingerprint density at radius 2 is 1.75 bits per heavy atom. The number of carboxylic acids is 1. The molecule has 1 unspecified atom stereocenters. The molecule has 0 aliphatic heterocycles. The van der Waals surface area contributed by atoms with Crippen molar-refractivity contribution < 1.29 is 18.3 Å². The molecule has 0 spiro atoms. The van der Waals surface area contributed by atoms with E-state index in [1.54, 1.807) is 13.8 Å². The van der Waals surface area contributed by atoms with Crippen LogP contribution in [0.5, 0.6) is 0 Å². The number of nitrogens with zero attached hydrogens (tertiary/aromatic N) is 1. The van der Waals surface area contributed by atoms with Crippen molar-refractivity contribution in [2.75, 3.05) is 5.75 Å². The predicted octanol–water partition coefficient (Wildman–Crippen LogP) is 1.95. The van der Waals surface area contributed by atoms with Gasteiger partial charge in [0.1, 0.15) is 0 Å². The van der Waals surface area contributed by atoms with Crippen LogP contribution in [0.3, 0.4) is 0 Å². The third-order valence-corrected chi connectivity index (χ3v) is 5.18. The highest BCUT2D eigenvalue weighted by molar-refractivity contribution is 7.89. The summed E-state index contributed by atoms with van der Waals surface area (Å²) in [5, 5.41) is 8.87. The van der Waals surface area contributed by atoms with E-state index in [1.165, 1.54) is 11.2 Å². The van der Waals surface area contributed by atoms with Gasteiger partial charge < -0.3 is 5.11 Å². The van der Waals surface area contributed by atoms with Crippen LogP contribution in [-0.2, 0) is 21.4 Å². The second kappa shape index (κ2) is 6.85. The van der Waals surface area contributed by atoms with Crippen molar-refractivity contribution in [1.82, 2.24) is 4.31 Å². The highest BCUT2D eigenvalue weighted by Crippen LogP contribution is 2.16. The van der Waals surface area contributed by atoms with Gasteiger partial charge in [0.05, 0.1) is 11.7 Å². The second-order valence-electron chi connectivity index (χ2n) is 5.14. The van der Waals surface area contributed by atoms with Crippen LogP contribution >= 0.6 is 0 Å². The topological polar surface area (TPSA) is 74.7 Å². The molecular formula is C14H21NO4S. The lowest BCUT2D eigenvalue weighted by molar-refractivity contribution is -0.140. The van der Waals surface area contributed by atoms with E-state index in [1.807, 2.05) is 30.3 Å². The van der Waals surface area contributed by atoms with Crippen LogP contribution in [0.1, 0.15) is 26.3 Å². The zero-order valence-corrected chi connectivity index (χ0v) is 12.8. The van der Waals surface area contributed by atoms with Gasteiger partial charge in [-0.25, -0.2) is 8.42 Å². The predicted molar refractivity (Wildman–Crippen MR) is 77.7 cm³/mol. The number of rotatable bonds is 7. The molecule has 6 heteroatoms. The Kier molecular flexibility index (Phi) is 5.71. The molecule has 20 heavy (non-hydrogen) atoms. The Balaban J connectivity index is 2.93. The summed E-state index contributed by atoms with van der Waals surface area (Å²) in [7, 11) is -3.61. The molecule has 0 bridgehead atoms. The van der Waals surface area contributed by atoms with E-state index in [2.05, 4.69) is 0 Å². The summed E-state index contributed by atoms with van der Waals surface area (Å²) in [6.45, 7) is 5.23.